The number of nitrogen functional groups attached to an aromatic ring is 1. The Bertz CT molecular complexity index is 579. The molecule has 0 saturated heterocycles. The van der Waals surface area contributed by atoms with Crippen molar-refractivity contribution in [2.45, 2.75) is 0 Å². The van der Waals surface area contributed by atoms with Crippen LogP contribution in [0.15, 0.2) is 28.7 Å². The van der Waals surface area contributed by atoms with Crippen molar-refractivity contribution in [2.75, 3.05) is 5.73 Å². The van der Waals surface area contributed by atoms with Gasteiger partial charge in [-0.05, 0) is 12.1 Å². The van der Waals surface area contributed by atoms with E-state index in [1.165, 1.54) is 0 Å². The number of para-hydroxylation sites is 1. The van der Waals surface area contributed by atoms with E-state index in [0.717, 1.165) is 16.5 Å². The highest BCUT2D eigenvalue weighted by atomic mass is 16.3. The first-order valence-corrected chi connectivity index (χ1v) is 3.97. The highest BCUT2D eigenvalue weighted by Gasteiger charge is 2.10. The number of aromatic nitrogens is 2. The Hall–Kier alpha value is -1.97. The molecule has 0 aliphatic carbocycles. The molecule has 13 heavy (non-hydrogen) atoms. The van der Waals surface area contributed by atoms with E-state index in [1.807, 2.05) is 24.3 Å². The minimum atomic E-state index is 0.409. The van der Waals surface area contributed by atoms with Crippen molar-refractivity contribution in [3.63, 3.8) is 0 Å². The third-order valence-corrected chi connectivity index (χ3v) is 2.12. The van der Waals surface area contributed by atoms with E-state index in [0.29, 0.717) is 11.4 Å². The van der Waals surface area contributed by atoms with Gasteiger partial charge in [-0.2, -0.15) is 5.10 Å². The molecule has 64 valence electrons. The first-order chi connectivity index (χ1) is 6.36. The molecule has 2 aromatic heterocycles. The Labute approximate surface area is 73.3 Å². The van der Waals surface area contributed by atoms with Crippen molar-refractivity contribution in [2.24, 2.45) is 0 Å². The fourth-order valence-electron chi connectivity index (χ4n) is 1.50. The summed E-state index contributed by atoms with van der Waals surface area (Å²) in [6.07, 6.45) is 0. The summed E-state index contributed by atoms with van der Waals surface area (Å²) in [6.45, 7) is 0. The van der Waals surface area contributed by atoms with Gasteiger partial charge in [-0.25, -0.2) is 0 Å². The summed E-state index contributed by atoms with van der Waals surface area (Å²) in [5.74, 6) is 0.409. The third-order valence-electron chi connectivity index (χ3n) is 2.12. The second-order valence-corrected chi connectivity index (χ2v) is 2.91. The maximum Gasteiger partial charge on any atom is 0.196 e. The highest BCUT2D eigenvalue weighted by molar-refractivity contribution is 6.05. The molecule has 0 atom stereocenters. The zero-order valence-corrected chi connectivity index (χ0v) is 6.74. The van der Waals surface area contributed by atoms with Gasteiger partial charge >= 0.3 is 0 Å². The number of aromatic amines is 1. The number of H-pyrrole nitrogens is 1. The van der Waals surface area contributed by atoms with Crippen LogP contribution in [0.1, 0.15) is 0 Å². The van der Waals surface area contributed by atoms with E-state index in [4.69, 9.17) is 10.2 Å². The van der Waals surface area contributed by atoms with Crippen LogP contribution >= 0.6 is 0 Å². The van der Waals surface area contributed by atoms with Crippen LogP contribution in [0, 0.1) is 0 Å². The lowest BCUT2D eigenvalue weighted by molar-refractivity contribution is 0.670. The van der Waals surface area contributed by atoms with E-state index < -0.39 is 0 Å². The summed E-state index contributed by atoms with van der Waals surface area (Å²) in [5, 5.41) is 7.72. The molecule has 0 saturated carbocycles. The Kier molecular flexibility index (Phi) is 1.02. The molecule has 1 aromatic carbocycles. The molecule has 2 heterocycles. The van der Waals surface area contributed by atoms with Crippen LogP contribution in [-0.2, 0) is 0 Å². The summed E-state index contributed by atoms with van der Waals surface area (Å²) in [6, 6.07) is 7.75. The van der Waals surface area contributed by atoms with E-state index in [2.05, 4.69) is 10.2 Å². The van der Waals surface area contributed by atoms with Crippen molar-refractivity contribution < 1.29 is 4.42 Å². The molecule has 4 heteroatoms. The predicted molar refractivity (Wildman–Crippen MR) is 50.3 cm³/mol. The van der Waals surface area contributed by atoms with Gasteiger partial charge in [0.2, 0.25) is 0 Å². The second kappa shape index (κ2) is 2.04. The van der Waals surface area contributed by atoms with Crippen molar-refractivity contribution in [3.8, 4) is 0 Å². The lowest BCUT2D eigenvalue weighted by Crippen LogP contribution is -1.82. The average Bonchev–Trinajstić information content (AvgIpc) is 2.67. The van der Waals surface area contributed by atoms with Crippen LogP contribution in [0.2, 0.25) is 0 Å². The zero-order chi connectivity index (χ0) is 8.84. The number of anilines is 1. The van der Waals surface area contributed by atoms with Gasteiger partial charge in [-0.3, -0.25) is 5.10 Å². The van der Waals surface area contributed by atoms with Gasteiger partial charge in [-0.1, -0.05) is 12.1 Å². The summed E-state index contributed by atoms with van der Waals surface area (Å²) >= 11 is 0. The maximum atomic E-state index is 5.60. The molecule has 0 aliphatic rings. The number of hydrogen-bond donors (Lipinski definition) is 2. The lowest BCUT2D eigenvalue weighted by Gasteiger charge is -1.84. The van der Waals surface area contributed by atoms with Crippen LogP contribution in [0.4, 0.5) is 5.82 Å². The van der Waals surface area contributed by atoms with Crippen molar-refractivity contribution in [1.29, 1.82) is 0 Å². The van der Waals surface area contributed by atoms with Crippen LogP contribution < -0.4 is 5.73 Å². The standard InChI is InChI=1S/C9H7N3O/c10-9-8-7(11-12-9)5-3-1-2-4-6(5)13-8/h1-4H,(H3,10,11,12). The molecule has 0 spiro atoms. The molecule has 3 aromatic rings. The quantitative estimate of drug-likeness (QED) is 0.545. The molecule has 0 unspecified atom stereocenters. The maximum absolute atomic E-state index is 5.60. The van der Waals surface area contributed by atoms with Crippen LogP contribution in [0.3, 0.4) is 0 Å². The molecule has 3 rings (SSSR count). The highest BCUT2D eigenvalue weighted by Crippen LogP contribution is 2.29. The molecule has 0 bridgehead atoms. The van der Waals surface area contributed by atoms with Crippen LogP contribution in [0.25, 0.3) is 22.1 Å². The van der Waals surface area contributed by atoms with E-state index in [1.54, 1.807) is 0 Å². The van der Waals surface area contributed by atoms with E-state index in [9.17, 15) is 0 Å². The molecular formula is C9H7N3O. The molecule has 3 N–H and O–H groups in total. The number of furan rings is 1. The molecule has 4 nitrogen and oxygen atoms in total. The number of fused-ring (bicyclic) bond motifs is 3. The van der Waals surface area contributed by atoms with Crippen molar-refractivity contribution >= 4 is 27.9 Å². The number of nitrogens with zero attached hydrogens (tertiary/aromatic N) is 1. The molecule has 0 fully saturated rings. The van der Waals surface area contributed by atoms with Crippen LogP contribution in [0.5, 0.6) is 0 Å². The SMILES string of the molecule is Nc1n[nH]c2c1oc1ccccc12. The van der Waals surface area contributed by atoms with Gasteiger partial charge in [0, 0.05) is 5.39 Å². The second-order valence-electron chi connectivity index (χ2n) is 2.91. The molecule has 0 aliphatic heterocycles. The molecular weight excluding hydrogens is 166 g/mol. The molecule has 0 amide bonds. The first kappa shape index (κ1) is 6.54. The summed E-state index contributed by atoms with van der Waals surface area (Å²) in [5.41, 5.74) is 7.94. The normalized spacial score (nSPS) is 11.4. The minimum absolute atomic E-state index is 0.409. The van der Waals surface area contributed by atoms with Gasteiger partial charge in [0.25, 0.3) is 0 Å². The third kappa shape index (κ3) is 0.717. The van der Waals surface area contributed by atoms with Gasteiger partial charge in [0.05, 0.1) is 0 Å². The summed E-state index contributed by atoms with van der Waals surface area (Å²) in [4.78, 5) is 0. The number of nitrogens with one attached hydrogen (secondary N) is 1. The van der Waals surface area contributed by atoms with Gasteiger partial charge in [0.1, 0.15) is 11.1 Å². The Balaban J connectivity index is 2.64. The monoisotopic (exact) mass is 173 g/mol. The largest absolute Gasteiger partial charge is 0.450 e. The minimum Gasteiger partial charge on any atom is -0.450 e. The topological polar surface area (TPSA) is 67.8 Å². The number of nitrogens with two attached hydrogens (primary N) is 1. The van der Waals surface area contributed by atoms with E-state index >= 15 is 0 Å². The van der Waals surface area contributed by atoms with Gasteiger partial charge < -0.3 is 10.2 Å². The fourth-order valence-corrected chi connectivity index (χ4v) is 1.50. The lowest BCUT2D eigenvalue weighted by atomic mass is 10.2. The van der Waals surface area contributed by atoms with Gasteiger partial charge in [-0.15, -0.1) is 0 Å². The first-order valence-electron chi connectivity index (χ1n) is 3.97. The average molecular weight is 173 g/mol. The number of benzene rings is 1. The van der Waals surface area contributed by atoms with Crippen LogP contribution in [-0.4, -0.2) is 10.2 Å². The van der Waals surface area contributed by atoms with Gasteiger partial charge in [0.15, 0.2) is 11.4 Å². The Morgan fingerprint density at radius 1 is 1.31 bits per heavy atom. The van der Waals surface area contributed by atoms with Crippen molar-refractivity contribution in [1.82, 2.24) is 10.2 Å². The zero-order valence-electron chi connectivity index (χ0n) is 6.74. The fraction of sp³-hybridized carbons (Fsp3) is 0. The summed E-state index contributed by atoms with van der Waals surface area (Å²) in [7, 11) is 0. The Morgan fingerprint density at radius 3 is 3.08 bits per heavy atom. The van der Waals surface area contributed by atoms with Crippen molar-refractivity contribution in [3.05, 3.63) is 24.3 Å². The predicted octanol–water partition coefficient (Wildman–Crippen LogP) is 1.89. The number of rotatable bonds is 0. The number of hydrogen-bond acceptors (Lipinski definition) is 3. The summed E-state index contributed by atoms with van der Waals surface area (Å²) < 4.78 is 5.50. The van der Waals surface area contributed by atoms with E-state index in [-0.39, 0.29) is 0 Å². The molecule has 0 radical (unpaired) electrons. The smallest absolute Gasteiger partial charge is 0.196 e. The Morgan fingerprint density at radius 2 is 2.15 bits per heavy atom.